The molecule has 0 radical (unpaired) electrons. The third-order valence-electron chi connectivity index (χ3n) is 4.84. The van der Waals surface area contributed by atoms with Crippen LogP contribution in [0.3, 0.4) is 0 Å². The number of hydrogen-bond acceptors (Lipinski definition) is 3. The van der Waals surface area contributed by atoms with Gasteiger partial charge in [0.2, 0.25) is 0 Å². The number of ether oxygens (including phenoxy) is 2. The molecule has 2 atom stereocenters. The van der Waals surface area contributed by atoms with Crippen LogP contribution in [0, 0.1) is 6.92 Å². The summed E-state index contributed by atoms with van der Waals surface area (Å²) in [5, 5.41) is 0.128. The molecule has 1 fully saturated rings. The lowest BCUT2D eigenvalue weighted by molar-refractivity contribution is -0.139. The van der Waals surface area contributed by atoms with Crippen molar-refractivity contribution in [3.63, 3.8) is 0 Å². The number of benzene rings is 2. The molecule has 144 valence electrons. The SMILES string of the molecule is COC(=O)Cc1c(C)c(OC(C)(C)C)cc(C2CC2Cl)c1-c1ccccc1. The molecule has 1 aliphatic carbocycles. The van der Waals surface area contributed by atoms with Gasteiger partial charge in [0.15, 0.2) is 0 Å². The Bertz CT molecular complexity index is 837. The minimum Gasteiger partial charge on any atom is -0.488 e. The Balaban J connectivity index is 2.25. The molecule has 3 nitrogen and oxygen atoms in total. The molecule has 0 saturated heterocycles. The number of alkyl halides is 1. The van der Waals surface area contributed by atoms with Gasteiger partial charge in [-0.3, -0.25) is 4.79 Å². The third kappa shape index (κ3) is 4.47. The van der Waals surface area contributed by atoms with E-state index in [0.29, 0.717) is 0 Å². The number of carbonyl (C=O) groups excluding carboxylic acids is 1. The highest BCUT2D eigenvalue weighted by atomic mass is 35.5. The van der Waals surface area contributed by atoms with Crippen molar-refractivity contribution in [2.45, 2.75) is 57.4 Å². The zero-order valence-electron chi connectivity index (χ0n) is 16.6. The molecule has 0 aromatic heterocycles. The van der Waals surface area contributed by atoms with Crippen LogP contribution < -0.4 is 4.74 Å². The fourth-order valence-electron chi connectivity index (χ4n) is 3.43. The van der Waals surface area contributed by atoms with Crippen molar-refractivity contribution in [1.29, 1.82) is 0 Å². The van der Waals surface area contributed by atoms with Crippen LogP contribution in [0.5, 0.6) is 5.75 Å². The summed E-state index contributed by atoms with van der Waals surface area (Å²) >= 11 is 6.42. The average Bonchev–Trinajstić information content (AvgIpc) is 3.34. The van der Waals surface area contributed by atoms with Gasteiger partial charge in [-0.1, -0.05) is 30.3 Å². The van der Waals surface area contributed by atoms with E-state index in [1.165, 1.54) is 7.11 Å². The van der Waals surface area contributed by atoms with Crippen LogP contribution >= 0.6 is 11.6 Å². The standard InChI is InChI=1S/C23H27ClO3/c1-14-16(13-21(25)26-5)22(15-9-7-6-8-10-15)18(17-11-19(17)24)12-20(14)27-23(2,3)4/h6-10,12,17,19H,11,13H2,1-5H3. The lowest BCUT2D eigenvalue weighted by Crippen LogP contribution is -2.24. The van der Waals surface area contributed by atoms with E-state index in [4.69, 9.17) is 21.1 Å². The van der Waals surface area contributed by atoms with Crippen molar-refractivity contribution >= 4 is 17.6 Å². The molecular weight excluding hydrogens is 360 g/mol. The summed E-state index contributed by atoms with van der Waals surface area (Å²) in [6.45, 7) is 8.09. The van der Waals surface area contributed by atoms with Crippen LogP contribution in [0.2, 0.25) is 0 Å². The summed E-state index contributed by atoms with van der Waals surface area (Å²) in [7, 11) is 1.42. The zero-order valence-corrected chi connectivity index (χ0v) is 17.4. The molecule has 2 unspecified atom stereocenters. The second kappa shape index (κ2) is 7.55. The average molecular weight is 387 g/mol. The van der Waals surface area contributed by atoms with Crippen LogP contribution in [0.4, 0.5) is 0 Å². The normalized spacial score (nSPS) is 18.9. The van der Waals surface area contributed by atoms with Gasteiger partial charge in [-0.25, -0.2) is 0 Å². The lowest BCUT2D eigenvalue weighted by Gasteiger charge is -2.26. The quantitative estimate of drug-likeness (QED) is 0.492. The number of rotatable bonds is 5. The number of halogens is 1. The maximum Gasteiger partial charge on any atom is 0.310 e. The highest BCUT2D eigenvalue weighted by Crippen LogP contribution is 2.51. The lowest BCUT2D eigenvalue weighted by atomic mass is 9.87. The Hall–Kier alpha value is -2.00. The summed E-state index contributed by atoms with van der Waals surface area (Å²) in [5.41, 5.74) is 4.94. The van der Waals surface area contributed by atoms with Crippen LogP contribution in [0.1, 0.15) is 49.8 Å². The van der Waals surface area contributed by atoms with Crippen LogP contribution in [-0.2, 0) is 16.0 Å². The first-order valence-electron chi connectivity index (χ1n) is 9.33. The van der Waals surface area contributed by atoms with Gasteiger partial charge >= 0.3 is 5.97 Å². The number of methoxy groups -OCH3 is 1. The van der Waals surface area contributed by atoms with Gasteiger partial charge in [0.25, 0.3) is 0 Å². The van der Waals surface area contributed by atoms with Gasteiger partial charge in [-0.05, 0) is 68.0 Å². The number of esters is 1. The van der Waals surface area contributed by atoms with Gasteiger partial charge in [-0.2, -0.15) is 0 Å². The highest BCUT2D eigenvalue weighted by Gasteiger charge is 2.40. The number of hydrogen-bond donors (Lipinski definition) is 0. The fraction of sp³-hybridized carbons (Fsp3) is 0.435. The summed E-state index contributed by atoms with van der Waals surface area (Å²) in [6.07, 6.45) is 1.15. The molecule has 4 heteroatoms. The van der Waals surface area contributed by atoms with Gasteiger partial charge in [0.1, 0.15) is 11.4 Å². The van der Waals surface area contributed by atoms with E-state index in [-0.39, 0.29) is 29.3 Å². The van der Waals surface area contributed by atoms with E-state index >= 15 is 0 Å². The molecule has 1 saturated carbocycles. The molecule has 0 amide bonds. The molecule has 0 bridgehead atoms. The molecule has 2 aromatic carbocycles. The van der Waals surface area contributed by atoms with E-state index in [9.17, 15) is 4.79 Å². The fourth-order valence-corrected chi connectivity index (χ4v) is 3.76. The minimum absolute atomic E-state index is 0.128. The zero-order chi connectivity index (χ0) is 19.8. The highest BCUT2D eigenvalue weighted by molar-refractivity contribution is 6.23. The predicted molar refractivity (Wildman–Crippen MR) is 110 cm³/mol. The Morgan fingerprint density at radius 1 is 1.22 bits per heavy atom. The van der Waals surface area contributed by atoms with Gasteiger partial charge in [-0.15, -0.1) is 11.6 Å². The largest absolute Gasteiger partial charge is 0.488 e. The smallest absolute Gasteiger partial charge is 0.310 e. The molecule has 0 aliphatic heterocycles. The van der Waals surface area contributed by atoms with E-state index in [1.54, 1.807) is 0 Å². The van der Waals surface area contributed by atoms with Crippen molar-refractivity contribution in [3.05, 3.63) is 53.1 Å². The van der Waals surface area contributed by atoms with E-state index in [1.807, 2.05) is 45.9 Å². The molecular formula is C23H27ClO3. The Morgan fingerprint density at radius 3 is 2.37 bits per heavy atom. The van der Waals surface area contributed by atoms with Crippen molar-refractivity contribution in [2.75, 3.05) is 7.11 Å². The summed E-state index contributed by atoms with van der Waals surface area (Å²) < 4.78 is 11.2. The Labute approximate surface area is 166 Å². The van der Waals surface area contributed by atoms with Gasteiger partial charge in [0.05, 0.1) is 13.5 Å². The van der Waals surface area contributed by atoms with Crippen LogP contribution in [0.15, 0.2) is 36.4 Å². The molecule has 0 spiro atoms. The maximum absolute atomic E-state index is 12.2. The second-order valence-corrected chi connectivity index (χ2v) is 8.69. The summed E-state index contributed by atoms with van der Waals surface area (Å²) in [4.78, 5) is 12.2. The molecule has 3 rings (SSSR count). The topological polar surface area (TPSA) is 35.5 Å². The van der Waals surface area contributed by atoms with E-state index in [2.05, 4.69) is 18.2 Å². The van der Waals surface area contributed by atoms with Crippen molar-refractivity contribution in [3.8, 4) is 16.9 Å². The maximum atomic E-state index is 12.2. The molecule has 0 N–H and O–H groups in total. The first-order valence-corrected chi connectivity index (χ1v) is 9.76. The van der Waals surface area contributed by atoms with Crippen molar-refractivity contribution in [2.24, 2.45) is 0 Å². The van der Waals surface area contributed by atoms with Crippen LogP contribution in [0.25, 0.3) is 11.1 Å². The third-order valence-corrected chi connectivity index (χ3v) is 5.32. The molecule has 2 aromatic rings. The Morgan fingerprint density at radius 2 is 1.85 bits per heavy atom. The van der Waals surface area contributed by atoms with E-state index in [0.717, 1.165) is 40.0 Å². The van der Waals surface area contributed by atoms with Crippen molar-refractivity contribution < 1.29 is 14.3 Å². The molecule has 1 aliphatic rings. The summed E-state index contributed by atoms with van der Waals surface area (Å²) in [5.74, 6) is 0.834. The first-order chi connectivity index (χ1) is 12.7. The first kappa shape index (κ1) is 19.8. The van der Waals surface area contributed by atoms with Crippen molar-refractivity contribution in [1.82, 2.24) is 0 Å². The number of carbonyl (C=O) groups is 1. The monoisotopic (exact) mass is 386 g/mol. The predicted octanol–water partition coefficient (Wildman–Crippen LogP) is 5.65. The van der Waals surface area contributed by atoms with E-state index < -0.39 is 0 Å². The van der Waals surface area contributed by atoms with Crippen LogP contribution in [-0.4, -0.2) is 24.1 Å². The van der Waals surface area contributed by atoms with Gasteiger partial charge in [0, 0.05) is 11.3 Å². The van der Waals surface area contributed by atoms with Gasteiger partial charge < -0.3 is 9.47 Å². The molecule has 27 heavy (non-hydrogen) atoms. The second-order valence-electron chi connectivity index (χ2n) is 8.13. The minimum atomic E-state index is -0.331. The molecule has 0 heterocycles. The Kier molecular flexibility index (Phi) is 5.53. The summed E-state index contributed by atoms with van der Waals surface area (Å²) in [6, 6.07) is 12.3.